The fourth-order valence-corrected chi connectivity index (χ4v) is 1.27. The van der Waals surface area contributed by atoms with Crippen molar-refractivity contribution in [2.45, 2.75) is 18.9 Å². The largest absolute Gasteiger partial charge is 0.500 e. The molecule has 0 saturated carbocycles. The normalized spacial score (nSPS) is 26.8. The van der Waals surface area contributed by atoms with Crippen molar-refractivity contribution in [3.63, 3.8) is 0 Å². The summed E-state index contributed by atoms with van der Waals surface area (Å²) in [4.78, 5) is 0. The summed E-state index contributed by atoms with van der Waals surface area (Å²) in [5, 5.41) is 1.78. The topological polar surface area (TPSA) is 38.5 Å². The number of hydrogen-bond acceptors (Lipinski definition) is 3. The van der Waals surface area contributed by atoms with Crippen molar-refractivity contribution in [3.05, 3.63) is 12.3 Å². The molecule has 1 aliphatic rings. The summed E-state index contributed by atoms with van der Waals surface area (Å²) >= 11 is 0. The van der Waals surface area contributed by atoms with E-state index in [1.165, 1.54) is 0 Å². The van der Waals surface area contributed by atoms with E-state index in [-0.39, 0.29) is 6.04 Å². The van der Waals surface area contributed by atoms with Crippen molar-refractivity contribution in [1.29, 1.82) is 0 Å². The Kier molecular flexibility index (Phi) is 2.29. The van der Waals surface area contributed by atoms with Gasteiger partial charge in [-0.25, -0.2) is 5.01 Å². The number of hydrogen-bond donors (Lipinski definition) is 1. The van der Waals surface area contributed by atoms with Crippen LogP contribution in [0.1, 0.15) is 12.8 Å². The first-order valence-electron chi connectivity index (χ1n) is 3.50. The Morgan fingerprint density at radius 3 is 2.90 bits per heavy atom. The summed E-state index contributed by atoms with van der Waals surface area (Å²) < 4.78 is 4.99. The van der Waals surface area contributed by atoms with E-state index in [4.69, 9.17) is 10.6 Å². The van der Waals surface area contributed by atoms with Gasteiger partial charge < -0.3 is 4.74 Å². The first-order chi connectivity index (χ1) is 4.75. The number of nitrogens with zero attached hydrogens (tertiary/aromatic N) is 1. The van der Waals surface area contributed by atoms with E-state index < -0.39 is 0 Å². The molecule has 1 unspecified atom stereocenters. The second-order valence-corrected chi connectivity index (χ2v) is 2.57. The highest BCUT2D eigenvalue weighted by molar-refractivity contribution is 4.99. The lowest BCUT2D eigenvalue weighted by Crippen LogP contribution is -2.37. The van der Waals surface area contributed by atoms with Crippen LogP contribution in [0.4, 0.5) is 0 Å². The number of nitrogens with two attached hydrogens (primary N) is 1. The van der Waals surface area contributed by atoms with Gasteiger partial charge in [0.1, 0.15) is 5.76 Å². The third-order valence-corrected chi connectivity index (χ3v) is 1.93. The standard InChI is InChI=1S/C7H14N2O/c1-6(10-2)7-4-3-5-9(7)8/h7H,1,3-5,8H2,2H3. The van der Waals surface area contributed by atoms with Crippen LogP contribution >= 0.6 is 0 Å². The molecule has 0 bridgehead atoms. The molecule has 2 N–H and O–H groups in total. The fourth-order valence-electron chi connectivity index (χ4n) is 1.27. The molecule has 10 heavy (non-hydrogen) atoms. The van der Waals surface area contributed by atoms with Gasteiger partial charge in [0, 0.05) is 6.54 Å². The van der Waals surface area contributed by atoms with Crippen molar-refractivity contribution >= 4 is 0 Å². The molecule has 1 fully saturated rings. The molecular formula is C7H14N2O. The maximum absolute atomic E-state index is 5.65. The lowest BCUT2D eigenvalue weighted by Gasteiger charge is -2.19. The summed E-state index contributed by atoms with van der Waals surface area (Å²) in [7, 11) is 1.63. The average Bonchev–Trinajstić information content (AvgIpc) is 2.34. The van der Waals surface area contributed by atoms with Gasteiger partial charge in [0.05, 0.1) is 13.2 Å². The molecule has 1 atom stereocenters. The summed E-state index contributed by atoms with van der Waals surface area (Å²) in [6.45, 7) is 4.71. The molecule has 0 spiro atoms. The van der Waals surface area contributed by atoms with Crippen molar-refractivity contribution in [3.8, 4) is 0 Å². The van der Waals surface area contributed by atoms with Crippen molar-refractivity contribution < 1.29 is 4.74 Å². The highest BCUT2D eigenvalue weighted by atomic mass is 16.5. The molecule has 1 heterocycles. The first-order valence-corrected chi connectivity index (χ1v) is 3.50. The highest BCUT2D eigenvalue weighted by Gasteiger charge is 2.24. The minimum atomic E-state index is 0.241. The Morgan fingerprint density at radius 2 is 2.50 bits per heavy atom. The second kappa shape index (κ2) is 3.03. The zero-order valence-electron chi connectivity index (χ0n) is 6.34. The summed E-state index contributed by atoms with van der Waals surface area (Å²) in [6, 6.07) is 0.241. The van der Waals surface area contributed by atoms with Gasteiger partial charge in [0.2, 0.25) is 0 Å². The molecule has 0 amide bonds. The van der Waals surface area contributed by atoms with Gasteiger partial charge in [-0.15, -0.1) is 0 Å². The Bertz CT molecular complexity index is 136. The van der Waals surface area contributed by atoms with Gasteiger partial charge in [-0.1, -0.05) is 6.58 Å². The van der Waals surface area contributed by atoms with Crippen molar-refractivity contribution in [2.75, 3.05) is 13.7 Å². The molecule has 0 aromatic carbocycles. The Hall–Kier alpha value is -0.540. The molecule has 58 valence electrons. The van der Waals surface area contributed by atoms with E-state index in [1.807, 2.05) is 0 Å². The summed E-state index contributed by atoms with van der Waals surface area (Å²) in [5.41, 5.74) is 0. The van der Waals surface area contributed by atoms with Crippen molar-refractivity contribution in [2.24, 2.45) is 5.84 Å². The van der Waals surface area contributed by atoms with Gasteiger partial charge in [0.15, 0.2) is 0 Å². The maximum Gasteiger partial charge on any atom is 0.107 e. The Balaban J connectivity index is 2.46. The molecule has 0 aromatic rings. The predicted molar refractivity (Wildman–Crippen MR) is 40.1 cm³/mol. The van der Waals surface area contributed by atoms with E-state index in [0.29, 0.717) is 0 Å². The van der Waals surface area contributed by atoms with Gasteiger partial charge in [-0.2, -0.15) is 0 Å². The van der Waals surface area contributed by atoms with Crippen LogP contribution in [0.5, 0.6) is 0 Å². The van der Waals surface area contributed by atoms with E-state index in [2.05, 4.69) is 6.58 Å². The zero-order chi connectivity index (χ0) is 7.56. The highest BCUT2D eigenvalue weighted by Crippen LogP contribution is 2.19. The van der Waals surface area contributed by atoms with Gasteiger partial charge >= 0.3 is 0 Å². The predicted octanol–water partition coefficient (Wildman–Crippen LogP) is 0.485. The van der Waals surface area contributed by atoms with Gasteiger partial charge in [0.25, 0.3) is 0 Å². The monoisotopic (exact) mass is 142 g/mol. The summed E-state index contributed by atoms with van der Waals surface area (Å²) in [6.07, 6.45) is 2.22. The molecule has 3 heteroatoms. The zero-order valence-corrected chi connectivity index (χ0v) is 6.34. The fraction of sp³-hybridized carbons (Fsp3) is 0.714. The molecule has 0 aromatic heterocycles. The number of hydrazine groups is 1. The minimum absolute atomic E-state index is 0.241. The van der Waals surface area contributed by atoms with E-state index in [9.17, 15) is 0 Å². The minimum Gasteiger partial charge on any atom is -0.500 e. The maximum atomic E-state index is 5.65. The van der Waals surface area contributed by atoms with Crippen LogP contribution in [0, 0.1) is 0 Å². The molecule has 0 aliphatic carbocycles. The molecule has 0 radical (unpaired) electrons. The molecular weight excluding hydrogens is 128 g/mol. The van der Waals surface area contributed by atoms with Crippen LogP contribution in [0.15, 0.2) is 12.3 Å². The lowest BCUT2D eigenvalue weighted by molar-refractivity contribution is 0.188. The number of methoxy groups -OCH3 is 1. The van der Waals surface area contributed by atoms with Crippen LogP contribution < -0.4 is 5.84 Å². The van der Waals surface area contributed by atoms with Crippen LogP contribution in [0.2, 0.25) is 0 Å². The van der Waals surface area contributed by atoms with E-state index in [1.54, 1.807) is 12.1 Å². The van der Waals surface area contributed by atoms with E-state index >= 15 is 0 Å². The average molecular weight is 142 g/mol. The SMILES string of the molecule is C=C(OC)C1CCCN1N. The van der Waals surface area contributed by atoms with Crippen LogP contribution in [-0.2, 0) is 4.74 Å². The van der Waals surface area contributed by atoms with Crippen LogP contribution in [0.25, 0.3) is 0 Å². The quantitative estimate of drug-likeness (QED) is 0.450. The Morgan fingerprint density at radius 1 is 1.80 bits per heavy atom. The molecule has 1 saturated heterocycles. The van der Waals surface area contributed by atoms with Crippen molar-refractivity contribution in [1.82, 2.24) is 5.01 Å². The molecule has 1 rings (SSSR count). The second-order valence-electron chi connectivity index (χ2n) is 2.57. The van der Waals surface area contributed by atoms with Crippen LogP contribution in [-0.4, -0.2) is 24.7 Å². The molecule has 3 nitrogen and oxygen atoms in total. The third kappa shape index (κ3) is 1.30. The summed E-state index contributed by atoms with van der Waals surface area (Å²) in [5.74, 6) is 6.43. The smallest absolute Gasteiger partial charge is 0.107 e. The van der Waals surface area contributed by atoms with E-state index in [0.717, 1.165) is 25.1 Å². The van der Waals surface area contributed by atoms with Gasteiger partial charge in [-0.3, -0.25) is 5.84 Å². The third-order valence-electron chi connectivity index (χ3n) is 1.93. The lowest BCUT2D eigenvalue weighted by atomic mass is 10.2. The molecule has 1 aliphatic heterocycles. The Labute approximate surface area is 61.4 Å². The van der Waals surface area contributed by atoms with Crippen LogP contribution in [0.3, 0.4) is 0 Å². The number of rotatable bonds is 2. The van der Waals surface area contributed by atoms with Gasteiger partial charge in [-0.05, 0) is 12.8 Å². The number of ether oxygens (including phenoxy) is 1. The first kappa shape index (κ1) is 7.57.